The van der Waals surface area contributed by atoms with Gasteiger partial charge >= 0.3 is 0 Å². The van der Waals surface area contributed by atoms with Crippen LogP contribution in [0, 0.1) is 0 Å². The van der Waals surface area contributed by atoms with E-state index in [1.807, 2.05) is 36.4 Å². The van der Waals surface area contributed by atoms with Crippen LogP contribution in [0.2, 0.25) is 0 Å². The van der Waals surface area contributed by atoms with Gasteiger partial charge in [-0.25, -0.2) is 4.98 Å². The maximum absolute atomic E-state index is 11.6. The van der Waals surface area contributed by atoms with Crippen LogP contribution in [-0.4, -0.2) is 10.9 Å². The van der Waals surface area contributed by atoms with Gasteiger partial charge in [-0.15, -0.1) is 0 Å². The standard InChI is InChI=1S/C16H14N4O/c17-10-4-3-5-11(8-10)19-15-9-13(16(18)21)12-6-1-2-7-14(12)20-15/h1-9H,17H2,(H2,18,21)(H,19,20). The van der Waals surface area contributed by atoms with Gasteiger partial charge in [0.25, 0.3) is 0 Å². The van der Waals surface area contributed by atoms with Crippen molar-refractivity contribution in [2.75, 3.05) is 11.1 Å². The van der Waals surface area contributed by atoms with Gasteiger partial charge in [-0.1, -0.05) is 24.3 Å². The van der Waals surface area contributed by atoms with E-state index in [2.05, 4.69) is 10.3 Å². The largest absolute Gasteiger partial charge is 0.399 e. The van der Waals surface area contributed by atoms with Gasteiger partial charge in [-0.05, 0) is 30.3 Å². The molecule has 0 saturated heterocycles. The number of para-hydroxylation sites is 1. The third-order valence-corrected chi connectivity index (χ3v) is 3.14. The number of carbonyl (C=O) groups is 1. The summed E-state index contributed by atoms with van der Waals surface area (Å²) in [5.74, 6) is 0.0670. The lowest BCUT2D eigenvalue weighted by molar-refractivity contribution is 0.100. The van der Waals surface area contributed by atoms with Gasteiger partial charge in [0.05, 0.1) is 11.1 Å². The average Bonchev–Trinajstić information content (AvgIpc) is 2.46. The predicted octanol–water partition coefficient (Wildman–Crippen LogP) is 2.66. The molecule has 0 radical (unpaired) electrons. The lowest BCUT2D eigenvalue weighted by Crippen LogP contribution is -2.12. The van der Waals surface area contributed by atoms with Crippen LogP contribution in [0.5, 0.6) is 0 Å². The SMILES string of the molecule is NC(=O)c1cc(Nc2cccc(N)c2)nc2ccccc12. The molecule has 0 aliphatic heterocycles. The first-order valence-electron chi connectivity index (χ1n) is 6.45. The molecule has 3 rings (SSSR count). The summed E-state index contributed by atoms with van der Waals surface area (Å²) < 4.78 is 0. The number of hydrogen-bond acceptors (Lipinski definition) is 4. The number of nitrogen functional groups attached to an aromatic ring is 1. The number of rotatable bonds is 3. The van der Waals surface area contributed by atoms with Crippen LogP contribution in [0.25, 0.3) is 10.9 Å². The molecule has 0 atom stereocenters. The van der Waals surface area contributed by atoms with Crippen molar-refractivity contribution >= 4 is 34.0 Å². The number of nitrogens with one attached hydrogen (secondary N) is 1. The molecule has 0 saturated carbocycles. The second-order valence-corrected chi connectivity index (χ2v) is 4.69. The monoisotopic (exact) mass is 278 g/mol. The minimum absolute atomic E-state index is 0.437. The van der Waals surface area contributed by atoms with Crippen molar-refractivity contribution in [2.24, 2.45) is 5.73 Å². The Hall–Kier alpha value is -3.08. The molecule has 0 aliphatic carbocycles. The number of aromatic nitrogens is 1. The molecule has 5 N–H and O–H groups in total. The fraction of sp³-hybridized carbons (Fsp3) is 0. The van der Waals surface area contributed by atoms with E-state index >= 15 is 0 Å². The molecule has 0 spiro atoms. The maximum Gasteiger partial charge on any atom is 0.249 e. The molecular formula is C16H14N4O. The van der Waals surface area contributed by atoms with Gasteiger partial charge in [0.15, 0.2) is 0 Å². The summed E-state index contributed by atoms with van der Waals surface area (Å²) in [6.07, 6.45) is 0. The molecule has 0 aliphatic rings. The number of pyridine rings is 1. The normalized spacial score (nSPS) is 10.5. The number of anilines is 3. The first-order chi connectivity index (χ1) is 10.1. The highest BCUT2D eigenvalue weighted by Gasteiger charge is 2.10. The number of nitrogens with two attached hydrogens (primary N) is 2. The Bertz CT molecular complexity index is 829. The fourth-order valence-electron chi connectivity index (χ4n) is 2.21. The van der Waals surface area contributed by atoms with Crippen LogP contribution < -0.4 is 16.8 Å². The van der Waals surface area contributed by atoms with Crippen molar-refractivity contribution in [2.45, 2.75) is 0 Å². The molecule has 5 nitrogen and oxygen atoms in total. The smallest absolute Gasteiger partial charge is 0.249 e. The number of primary amides is 1. The Balaban J connectivity index is 2.09. The summed E-state index contributed by atoms with van der Waals surface area (Å²) in [7, 11) is 0. The summed E-state index contributed by atoms with van der Waals surface area (Å²) in [6, 6.07) is 16.3. The van der Waals surface area contributed by atoms with Crippen LogP contribution in [0.4, 0.5) is 17.2 Å². The minimum atomic E-state index is -0.482. The number of carbonyl (C=O) groups excluding carboxylic acids is 1. The van der Waals surface area contributed by atoms with E-state index in [1.165, 1.54) is 0 Å². The van der Waals surface area contributed by atoms with Crippen molar-refractivity contribution in [1.82, 2.24) is 4.98 Å². The molecule has 5 heteroatoms. The Labute approximate surface area is 121 Å². The Morgan fingerprint density at radius 3 is 2.62 bits per heavy atom. The zero-order chi connectivity index (χ0) is 14.8. The molecule has 21 heavy (non-hydrogen) atoms. The third-order valence-electron chi connectivity index (χ3n) is 3.14. The number of hydrogen-bond donors (Lipinski definition) is 3. The van der Waals surface area contributed by atoms with Crippen molar-refractivity contribution in [3.63, 3.8) is 0 Å². The summed E-state index contributed by atoms with van der Waals surface area (Å²) in [5, 5.41) is 3.87. The van der Waals surface area contributed by atoms with E-state index in [0.29, 0.717) is 22.6 Å². The second kappa shape index (κ2) is 5.13. The number of fused-ring (bicyclic) bond motifs is 1. The first kappa shape index (κ1) is 12.9. The third kappa shape index (κ3) is 2.62. The zero-order valence-corrected chi connectivity index (χ0v) is 11.2. The summed E-state index contributed by atoms with van der Waals surface area (Å²) in [4.78, 5) is 16.1. The van der Waals surface area contributed by atoms with Gasteiger partial charge < -0.3 is 16.8 Å². The van der Waals surface area contributed by atoms with E-state index in [1.54, 1.807) is 18.2 Å². The molecular weight excluding hydrogens is 264 g/mol. The van der Waals surface area contributed by atoms with Crippen LogP contribution in [-0.2, 0) is 0 Å². The van der Waals surface area contributed by atoms with E-state index in [-0.39, 0.29) is 0 Å². The van der Waals surface area contributed by atoms with Crippen LogP contribution in [0.1, 0.15) is 10.4 Å². The van der Waals surface area contributed by atoms with Crippen molar-refractivity contribution in [3.05, 3.63) is 60.2 Å². The van der Waals surface area contributed by atoms with Crippen molar-refractivity contribution in [3.8, 4) is 0 Å². The average molecular weight is 278 g/mol. The number of amides is 1. The Morgan fingerprint density at radius 2 is 1.86 bits per heavy atom. The van der Waals surface area contributed by atoms with E-state index < -0.39 is 5.91 Å². The Kier molecular flexibility index (Phi) is 3.16. The van der Waals surface area contributed by atoms with Crippen LogP contribution >= 0.6 is 0 Å². The molecule has 1 aromatic heterocycles. The maximum atomic E-state index is 11.6. The van der Waals surface area contributed by atoms with E-state index in [4.69, 9.17) is 11.5 Å². The second-order valence-electron chi connectivity index (χ2n) is 4.69. The van der Waals surface area contributed by atoms with Gasteiger partial charge in [0.1, 0.15) is 5.82 Å². The van der Waals surface area contributed by atoms with Gasteiger partial charge in [0, 0.05) is 16.8 Å². The molecule has 0 fully saturated rings. The van der Waals surface area contributed by atoms with E-state index in [0.717, 1.165) is 11.1 Å². The van der Waals surface area contributed by atoms with Gasteiger partial charge in [-0.3, -0.25) is 4.79 Å². The fourth-order valence-corrected chi connectivity index (χ4v) is 2.21. The van der Waals surface area contributed by atoms with Crippen LogP contribution in [0.15, 0.2) is 54.6 Å². The van der Waals surface area contributed by atoms with Crippen LogP contribution in [0.3, 0.4) is 0 Å². The molecule has 0 unspecified atom stereocenters. The summed E-state index contributed by atoms with van der Waals surface area (Å²) >= 11 is 0. The highest BCUT2D eigenvalue weighted by atomic mass is 16.1. The van der Waals surface area contributed by atoms with E-state index in [9.17, 15) is 4.79 Å². The topological polar surface area (TPSA) is 94.0 Å². The van der Waals surface area contributed by atoms with Crippen molar-refractivity contribution < 1.29 is 4.79 Å². The summed E-state index contributed by atoms with van der Waals surface area (Å²) in [5.41, 5.74) is 13.8. The predicted molar refractivity (Wildman–Crippen MR) is 84.4 cm³/mol. The summed E-state index contributed by atoms with van der Waals surface area (Å²) in [6.45, 7) is 0. The number of benzene rings is 2. The molecule has 2 aromatic carbocycles. The quantitative estimate of drug-likeness (QED) is 0.642. The molecule has 104 valence electrons. The first-order valence-corrected chi connectivity index (χ1v) is 6.45. The minimum Gasteiger partial charge on any atom is -0.399 e. The zero-order valence-electron chi connectivity index (χ0n) is 11.2. The van der Waals surface area contributed by atoms with Gasteiger partial charge in [-0.2, -0.15) is 0 Å². The lowest BCUT2D eigenvalue weighted by Gasteiger charge is -2.10. The molecule has 0 bridgehead atoms. The molecule has 1 heterocycles. The number of nitrogens with zero attached hydrogens (tertiary/aromatic N) is 1. The Morgan fingerprint density at radius 1 is 1.05 bits per heavy atom. The van der Waals surface area contributed by atoms with Crippen molar-refractivity contribution in [1.29, 1.82) is 0 Å². The highest BCUT2D eigenvalue weighted by Crippen LogP contribution is 2.23. The lowest BCUT2D eigenvalue weighted by atomic mass is 10.1. The molecule has 1 amide bonds. The molecule has 3 aromatic rings. The van der Waals surface area contributed by atoms with Gasteiger partial charge in [0.2, 0.25) is 5.91 Å². The highest BCUT2D eigenvalue weighted by molar-refractivity contribution is 6.06.